The van der Waals surface area contributed by atoms with Crippen molar-refractivity contribution in [1.82, 2.24) is 4.90 Å². The van der Waals surface area contributed by atoms with Crippen LogP contribution >= 0.6 is 23.2 Å². The Morgan fingerprint density at radius 2 is 1.80 bits per heavy atom. The topological polar surface area (TPSA) is 97.7 Å². The number of carbonyl (C=O) groups excluding carboxylic acids is 3. The summed E-state index contributed by atoms with van der Waals surface area (Å²) in [6.45, 7) is -0.0810. The molecule has 0 aliphatic carbocycles. The van der Waals surface area contributed by atoms with Crippen molar-refractivity contribution in [2.24, 2.45) is 0 Å². The molecule has 30 heavy (non-hydrogen) atoms. The minimum Gasteiger partial charge on any atom is -0.550 e. The predicted molar refractivity (Wildman–Crippen MR) is 106 cm³/mol. The molecule has 156 valence electrons. The monoisotopic (exact) mass is 450 g/mol. The summed E-state index contributed by atoms with van der Waals surface area (Å²) in [4.78, 5) is 37.4. The minimum atomic E-state index is -1.29. The number of carbonyl (C=O) groups is 3. The van der Waals surface area contributed by atoms with Gasteiger partial charge in [-0.2, -0.15) is 0 Å². The Morgan fingerprint density at radius 3 is 2.40 bits per heavy atom. The standard InChI is InChI=1S/C21H16Cl2FNO5/c22-12-5-8-14(15(23)10-12)18-17(19(28)11-3-6-13(24)7-4-11)20(29)21(30)25(18)9-1-2-16(26)27/h3-8,10,18,28H,1-2,9H2,(H,26,27)/p-1/t18-/m1/s1. The first-order chi connectivity index (χ1) is 14.2. The van der Waals surface area contributed by atoms with E-state index in [-0.39, 0.29) is 35.5 Å². The predicted octanol–water partition coefficient (Wildman–Crippen LogP) is 3.08. The molecule has 1 aliphatic heterocycles. The third-order valence-electron chi connectivity index (χ3n) is 4.69. The van der Waals surface area contributed by atoms with E-state index in [4.69, 9.17) is 23.2 Å². The number of carboxylic acids is 1. The van der Waals surface area contributed by atoms with E-state index in [1.165, 1.54) is 30.3 Å². The normalized spacial score (nSPS) is 18.1. The molecule has 2 aromatic carbocycles. The Labute approximate surface area is 181 Å². The van der Waals surface area contributed by atoms with Gasteiger partial charge in [0.05, 0.1) is 11.6 Å². The van der Waals surface area contributed by atoms with Gasteiger partial charge in [-0.05, 0) is 54.8 Å². The van der Waals surface area contributed by atoms with E-state index in [9.17, 15) is 29.0 Å². The molecule has 1 aliphatic rings. The van der Waals surface area contributed by atoms with Gasteiger partial charge in [0.15, 0.2) is 0 Å². The van der Waals surface area contributed by atoms with Crippen LogP contribution in [0.5, 0.6) is 0 Å². The number of rotatable bonds is 6. The van der Waals surface area contributed by atoms with Gasteiger partial charge in [0, 0.05) is 28.1 Å². The SMILES string of the molecule is O=C([O-])CCCN1C(=O)C(=O)C(=C(O)c2ccc(F)cc2)[C@H]1c1ccc(Cl)cc1Cl. The van der Waals surface area contributed by atoms with Gasteiger partial charge in [-0.15, -0.1) is 0 Å². The number of ketones is 1. The highest BCUT2D eigenvalue weighted by atomic mass is 35.5. The van der Waals surface area contributed by atoms with Crippen molar-refractivity contribution in [3.05, 3.63) is 75.0 Å². The summed E-state index contributed by atoms with van der Waals surface area (Å²) in [5.74, 6) is -4.19. The number of carboxylic acid groups (broad SMARTS) is 1. The maximum absolute atomic E-state index is 13.3. The van der Waals surface area contributed by atoms with Crippen LogP contribution in [0.3, 0.4) is 0 Å². The first kappa shape index (κ1) is 21.8. The zero-order chi connectivity index (χ0) is 22.0. The third-order valence-corrected chi connectivity index (χ3v) is 5.26. The van der Waals surface area contributed by atoms with Crippen molar-refractivity contribution < 1.29 is 29.0 Å². The molecule has 1 atom stereocenters. The Kier molecular flexibility index (Phi) is 6.43. The van der Waals surface area contributed by atoms with Crippen molar-refractivity contribution in [3.8, 4) is 0 Å². The summed E-state index contributed by atoms with van der Waals surface area (Å²) in [5.41, 5.74) is 0.237. The molecule has 1 N–H and O–H groups in total. The average Bonchev–Trinajstić information content (AvgIpc) is 2.93. The number of likely N-dealkylation sites (tertiary alicyclic amines) is 1. The van der Waals surface area contributed by atoms with E-state index in [0.29, 0.717) is 10.6 Å². The number of aliphatic hydroxyl groups is 1. The van der Waals surface area contributed by atoms with E-state index in [0.717, 1.165) is 17.0 Å². The van der Waals surface area contributed by atoms with Gasteiger partial charge in [0.1, 0.15) is 11.6 Å². The van der Waals surface area contributed by atoms with Crippen molar-refractivity contribution >= 4 is 46.6 Å². The number of benzene rings is 2. The van der Waals surface area contributed by atoms with Crippen LogP contribution in [0, 0.1) is 5.82 Å². The molecule has 1 amide bonds. The van der Waals surface area contributed by atoms with Crippen molar-refractivity contribution in [3.63, 3.8) is 0 Å². The van der Waals surface area contributed by atoms with Gasteiger partial charge in [0.25, 0.3) is 11.7 Å². The molecule has 1 saturated heterocycles. The van der Waals surface area contributed by atoms with Gasteiger partial charge in [-0.25, -0.2) is 4.39 Å². The number of halogens is 3. The van der Waals surface area contributed by atoms with Crippen molar-refractivity contribution in [2.45, 2.75) is 18.9 Å². The van der Waals surface area contributed by atoms with Crippen molar-refractivity contribution in [2.75, 3.05) is 6.54 Å². The Bertz CT molecular complexity index is 1050. The Hall–Kier alpha value is -2.90. The van der Waals surface area contributed by atoms with Crippen LogP contribution in [0.4, 0.5) is 4.39 Å². The largest absolute Gasteiger partial charge is 0.550 e. The summed E-state index contributed by atoms with van der Waals surface area (Å²) in [6, 6.07) is 8.15. The van der Waals surface area contributed by atoms with E-state index in [2.05, 4.69) is 0 Å². The average molecular weight is 451 g/mol. The number of aliphatic carboxylic acids is 1. The molecule has 3 rings (SSSR count). The van der Waals surface area contributed by atoms with Gasteiger partial charge in [-0.1, -0.05) is 29.3 Å². The summed E-state index contributed by atoms with van der Waals surface area (Å²) in [6.07, 6.45) is -0.282. The zero-order valence-corrected chi connectivity index (χ0v) is 16.9. The molecule has 0 saturated carbocycles. The summed E-state index contributed by atoms with van der Waals surface area (Å²) >= 11 is 12.2. The van der Waals surface area contributed by atoms with Gasteiger partial charge in [0.2, 0.25) is 0 Å². The molecule has 0 bridgehead atoms. The van der Waals surface area contributed by atoms with Crippen LogP contribution in [0.15, 0.2) is 48.0 Å². The lowest BCUT2D eigenvalue weighted by Crippen LogP contribution is -2.32. The van der Waals surface area contributed by atoms with E-state index < -0.39 is 35.3 Å². The molecule has 1 heterocycles. The summed E-state index contributed by atoms with van der Waals surface area (Å²) in [5, 5.41) is 22.0. The lowest BCUT2D eigenvalue weighted by Gasteiger charge is -2.26. The molecule has 0 radical (unpaired) electrons. The smallest absolute Gasteiger partial charge is 0.295 e. The van der Waals surface area contributed by atoms with Gasteiger partial charge in [-0.3, -0.25) is 9.59 Å². The second-order valence-electron chi connectivity index (χ2n) is 6.64. The molecule has 2 aromatic rings. The second kappa shape index (κ2) is 8.85. The van der Waals surface area contributed by atoms with Crippen molar-refractivity contribution in [1.29, 1.82) is 0 Å². The molecule has 6 nitrogen and oxygen atoms in total. The molecule has 0 spiro atoms. The number of hydrogen-bond acceptors (Lipinski definition) is 5. The van der Waals surface area contributed by atoms with Crippen LogP contribution in [-0.2, 0) is 14.4 Å². The highest BCUT2D eigenvalue weighted by Crippen LogP contribution is 2.42. The fraction of sp³-hybridized carbons (Fsp3) is 0.190. The lowest BCUT2D eigenvalue weighted by atomic mass is 9.95. The highest BCUT2D eigenvalue weighted by Gasteiger charge is 2.46. The van der Waals surface area contributed by atoms with Gasteiger partial charge >= 0.3 is 0 Å². The fourth-order valence-corrected chi connectivity index (χ4v) is 3.83. The molecule has 0 aromatic heterocycles. The minimum absolute atomic E-state index is 0.0354. The van der Waals surface area contributed by atoms with Crippen LogP contribution in [0.2, 0.25) is 10.0 Å². The first-order valence-corrected chi connectivity index (χ1v) is 9.65. The number of amides is 1. The molecule has 1 fully saturated rings. The molecular weight excluding hydrogens is 436 g/mol. The quantitative estimate of drug-likeness (QED) is 0.414. The molecular formula is C21H15Cl2FNO5-. The first-order valence-electron chi connectivity index (χ1n) is 8.90. The number of nitrogens with zero attached hydrogens (tertiary/aromatic N) is 1. The Balaban J connectivity index is 2.14. The Morgan fingerprint density at radius 1 is 1.13 bits per heavy atom. The van der Waals surface area contributed by atoms with Crippen LogP contribution in [0.1, 0.15) is 30.0 Å². The zero-order valence-electron chi connectivity index (χ0n) is 15.4. The van der Waals surface area contributed by atoms with E-state index >= 15 is 0 Å². The van der Waals surface area contributed by atoms with E-state index in [1.54, 1.807) is 0 Å². The molecule has 0 unspecified atom stereocenters. The highest BCUT2D eigenvalue weighted by molar-refractivity contribution is 6.47. The van der Waals surface area contributed by atoms with Crippen LogP contribution < -0.4 is 5.11 Å². The lowest BCUT2D eigenvalue weighted by molar-refractivity contribution is -0.305. The number of Topliss-reactive ketones (excluding diaryl/α,β-unsaturated/α-hetero) is 1. The van der Waals surface area contributed by atoms with E-state index in [1.807, 2.05) is 0 Å². The third kappa shape index (κ3) is 4.32. The molecule has 9 heteroatoms. The van der Waals surface area contributed by atoms with Gasteiger partial charge < -0.3 is 19.9 Å². The van der Waals surface area contributed by atoms with Crippen LogP contribution in [-0.4, -0.2) is 34.2 Å². The maximum Gasteiger partial charge on any atom is 0.295 e. The second-order valence-corrected chi connectivity index (χ2v) is 7.48. The summed E-state index contributed by atoms with van der Waals surface area (Å²) < 4.78 is 13.3. The number of aliphatic hydroxyl groups excluding tert-OH is 1. The van der Waals surface area contributed by atoms with Crippen LogP contribution in [0.25, 0.3) is 5.76 Å². The number of hydrogen-bond donors (Lipinski definition) is 1. The maximum atomic E-state index is 13.3. The summed E-state index contributed by atoms with van der Waals surface area (Å²) in [7, 11) is 0. The fourth-order valence-electron chi connectivity index (χ4n) is 3.31.